The van der Waals surface area contributed by atoms with Gasteiger partial charge in [-0.3, -0.25) is 19.2 Å². The van der Waals surface area contributed by atoms with Crippen LogP contribution in [-0.2, 0) is 19.1 Å². The van der Waals surface area contributed by atoms with Gasteiger partial charge in [-0.2, -0.15) is 0 Å². The molecule has 2 aliphatic carbocycles. The number of piperidine rings is 1. The van der Waals surface area contributed by atoms with Crippen LogP contribution in [0, 0.1) is 5.92 Å². The average molecular weight is 605 g/mol. The zero-order valence-electron chi connectivity index (χ0n) is 24.8. The number of carbonyl (C=O) groups is 4. The van der Waals surface area contributed by atoms with E-state index in [-0.39, 0.29) is 54.5 Å². The van der Waals surface area contributed by atoms with Crippen LogP contribution in [0.2, 0.25) is 0 Å². The molecule has 0 spiro atoms. The maximum Gasteiger partial charge on any atom is 0.306 e. The smallest absolute Gasteiger partial charge is 0.306 e. The second-order valence-electron chi connectivity index (χ2n) is 12.6. The number of esters is 1. The predicted octanol–water partition coefficient (Wildman–Crippen LogP) is 2.78. The third kappa shape index (κ3) is 7.04. The first kappa shape index (κ1) is 30.1. The molecule has 3 amide bonds. The summed E-state index contributed by atoms with van der Waals surface area (Å²) in [4.78, 5) is 56.0. The molecule has 4 fully saturated rings. The molecule has 2 saturated heterocycles. The standard InChI is InChI=1S/C33H40N4O7/c38-29-17-24(20-44-29)31(40)37-14-2-6-25(19-37)35-30(39)28-10-9-26(18-34-28)43-15-11-27(36-32(41)33(42)12-3-13-33)23-5-1-4-22(16-23)21-7-8-21/h1,4-5,9-10,16,18,21,24-25,27,42H,2-3,6-8,11-15,17,19-20H2,(H,35,39)(H,36,41)/t24-,25+,27?/m1/s1. The van der Waals surface area contributed by atoms with E-state index in [1.54, 1.807) is 17.0 Å². The van der Waals surface area contributed by atoms with Crippen molar-refractivity contribution in [2.24, 2.45) is 5.92 Å². The van der Waals surface area contributed by atoms with E-state index in [9.17, 15) is 24.3 Å². The van der Waals surface area contributed by atoms with E-state index >= 15 is 0 Å². The molecule has 1 unspecified atom stereocenters. The number of aromatic nitrogens is 1. The number of amides is 3. The van der Waals surface area contributed by atoms with Gasteiger partial charge < -0.3 is 30.1 Å². The first-order chi connectivity index (χ1) is 21.3. The van der Waals surface area contributed by atoms with Crippen molar-refractivity contribution in [3.63, 3.8) is 0 Å². The molecule has 1 aromatic carbocycles. The highest BCUT2D eigenvalue weighted by Gasteiger charge is 2.43. The van der Waals surface area contributed by atoms with Crippen LogP contribution in [0.1, 0.15) is 91.4 Å². The van der Waals surface area contributed by atoms with Crippen molar-refractivity contribution < 1.29 is 33.8 Å². The summed E-state index contributed by atoms with van der Waals surface area (Å²) in [5, 5.41) is 16.6. The zero-order chi connectivity index (χ0) is 30.7. The van der Waals surface area contributed by atoms with Crippen molar-refractivity contribution in [3.8, 4) is 5.75 Å². The molecule has 4 aliphatic rings. The number of nitrogens with zero attached hydrogens (tertiary/aromatic N) is 2. The molecule has 6 rings (SSSR count). The third-order valence-corrected chi connectivity index (χ3v) is 9.19. The van der Waals surface area contributed by atoms with Crippen LogP contribution >= 0.6 is 0 Å². The molecule has 0 bridgehead atoms. The number of benzene rings is 1. The average Bonchev–Trinajstić information content (AvgIpc) is 3.79. The quantitative estimate of drug-likeness (QED) is 0.332. The lowest BCUT2D eigenvalue weighted by atomic mass is 9.79. The van der Waals surface area contributed by atoms with E-state index in [0.717, 1.165) is 24.8 Å². The predicted molar refractivity (Wildman–Crippen MR) is 159 cm³/mol. The molecule has 11 nitrogen and oxygen atoms in total. The molecule has 2 aromatic rings. The number of pyridine rings is 1. The van der Waals surface area contributed by atoms with Crippen LogP contribution in [0.4, 0.5) is 0 Å². The normalized spacial score (nSPS) is 23.2. The van der Waals surface area contributed by atoms with E-state index in [1.807, 2.05) is 12.1 Å². The molecule has 1 aromatic heterocycles. The number of aliphatic hydroxyl groups is 1. The lowest BCUT2D eigenvalue weighted by molar-refractivity contribution is -0.149. The summed E-state index contributed by atoms with van der Waals surface area (Å²) in [5.41, 5.74) is 1.22. The largest absolute Gasteiger partial charge is 0.492 e. The van der Waals surface area contributed by atoms with Gasteiger partial charge in [-0.05, 0) is 74.1 Å². The lowest BCUT2D eigenvalue weighted by Gasteiger charge is -2.36. The number of cyclic esters (lactones) is 1. The molecule has 234 valence electrons. The van der Waals surface area contributed by atoms with Crippen LogP contribution in [0.25, 0.3) is 0 Å². The molecular formula is C33H40N4O7. The lowest BCUT2D eigenvalue weighted by Crippen LogP contribution is -2.52. The van der Waals surface area contributed by atoms with E-state index in [1.165, 1.54) is 24.6 Å². The van der Waals surface area contributed by atoms with Crippen LogP contribution in [-0.4, -0.2) is 76.6 Å². The van der Waals surface area contributed by atoms with Crippen LogP contribution in [0.15, 0.2) is 42.6 Å². The number of nitrogens with one attached hydrogen (secondary N) is 2. The number of carbonyl (C=O) groups excluding carboxylic acids is 4. The highest BCUT2D eigenvalue weighted by atomic mass is 16.5. The van der Waals surface area contributed by atoms with E-state index in [0.29, 0.717) is 50.6 Å². The molecule has 3 heterocycles. The van der Waals surface area contributed by atoms with E-state index in [4.69, 9.17) is 9.47 Å². The third-order valence-electron chi connectivity index (χ3n) is 9.19. The van der Waals surface area contributed by atoms with Crippen molar-refractivity contribution >= 4 is 23.7 Å². The fourth-order valence-corrected chi connectivity index (χ4v) is 6.18. The Bertz CT molecular complexity index is 1390. The zero-order valence-corrected chi connectivity index (χ0v) is 24.8. The fourth-order valence-electron chi connectivity index (χ4n) is 6.18. The first-order valence-electron chi connectivity index (χ1n) is 15.7. The molecule has 2 saturated carbocycles. The molecule has 11 heteroatoms. The minimum atomic E-state index is -1.29. The Hall–Kier alpha value is -3.99. The van der Waals surface area contributed by atoms with Gasteiger partial charge in [0.25, 0.3) is 11.8 Å². The Morgan fingerprint density at radius 1 is 1.14 bits per heavy atom. The van der Waals surface area contributed by atoms with Gasteiger partial charge >= 0.3 is 5.97 Å². The maximum atomic E-state index is 12.9. The Kier molecular flexibility index (Phi) is 8.83. The Labute approximate surface area is 256 Å². The Morgan fingerprint density at radius 2 is 1.98 bits per heavy atom. The van der Waals surface area contributed by atoms with Gasteiger partial charge in [0.2, 0.25) is 5.91 Å². The Morgan fingerprint density at radius 3 is 2.66 bits per heavy atom. The summed E-state index contributed by atoms with van der Waals surface area (Å²) in [5.74, 6) is -0.487. The highest BCUT2D eigenvalue weighted by Crippen LogP contribution is 2.41. The number of hydrogen-bond donors (Lipinski definition) is 3. The number of hydrogen-bond acceptors (Lipinski definition) is 8. The summed E-state index contributed by atoms with van der Waals surface area (Å²) in [7, 11) is 0. The second kappa shape index (κ2) is 12.9. The second-order valence-corrected chi connectivity index (χ2v) is 12.6. The number of ether oxygens (including phenoxy) is 2. The topological polar surface area (TPSA) is 147 Å². The summed E-state index contributed by atoms with van der Waals surface area (Å²) in [6.07, 6.45) is 7.77. The monoisotopic (exact) mass is 604 g/mol. The van der Waals surface area contributed by atoms with Gasteiger partial charge in [-0.15, -0.1) is 0 Å². The minimum absolute atomic E-state index is 0.106. The van der Waals surface area contributed by atoms with Crippen LogP contribution in [0.5, 0.6) is 5.75 Å². The summed E-state index contributed by atoms with van der Waals surface area (Å²) in [6, 6.07) is 11.1. The Balaban J connectivity index is 1.01. The molecule has 3 N–H and O–H groups in total. The molecular weight excluding hydrogens is 564 g/mol. The van der Waals surface area contributed by atoms with E-state index in [2.05, 4.69) is 27.8 Å². The fraction of sp³-hybridized carbons (Fsp3) is 0.545. The molecule has 3 atom stereocenters. The van der Waals surface area contributed by atoms with Crippen molar-refractivity contribution in [1.29, 1.82) is 0 Å². The summed E-state index contributed by atoms with van der Waals surface area (Å²) in [6.45, 7) is 1.40. The van der Waals surface area contributed by atoms with Crippen molar-refractivity contribution in [2.45, 2.75) is 81.4 Å². The van der Waals surface area contributed by atoms with Crippen molar-refractivity contribution in [2.75, 3.05) is 26.3 Å². The summed E-state index contributed by atoms with van der Waals surface area (Å²) < 4.78 is 10.9. The van der Waals surface area contributed by atoms with Gasteiger partial charge in [0.05, 0.1) is 31.2 Å². The van der Waals surface area contributed by atoms with Crippen molar-refractivity contribution in [3.05, 3.63) is 59.4 Å². The van der Waals surface area contributed by atoms with Gasteiger partial charge in [-0.25, -0.2) is 4.98 Å². The van der Waals surface area contributed by atoms with Gasteiger partial charge in [0.1, 0.15) is 23.7 Å². The van der Waals surface area contributed by atoms with Crippen molar-refractivity contribution in [1.82, 2.24) is 20.5 Å². The maximum absolute atomic E-state index is 12.9. The number of likely N-dealkylation sites (tertiary alicyclic amines) is 1. The summed E-state index contributed by atoms with van der Waals surface area (Å²) >= 11 is 0. The molecule has 0 radical (unpaired) electrons. The molecule has 44 heavy (non-hydrogen) atoms. The van der Waals surface area contributed by atoms with Gasteiger partial charge in [-0.1, -0.05) is 24.3 Å². The van der Waals surface area contributed by atoms with Crippen LogP contribution < -0.4 is 15.4 Å². The van der Waals surface area contributed by atoms with E-state index < -0.39 is 11.5 Å². The minimum Gasteiger partial charge on any atom is -0.492 e. The first-order valence-corrected chi connectivity index (χ1v) is 15.7. The SMILES string of the molecule is O=C1C[C@@H](C(=O)N2CCC[C@H](NC(=O)c3ccc(OCCC(NC(=O)C4(O)CCC4)c4cccc(C5CC5)c4)cn3)C2)CO1. The van der Waals surface area contributed by atoms with Gasteiger partial charge in [0, 0.05) is 25.6 Å². The molecule has 2 aliphatic heterocycles. The number of rotatable bonds is 11. The van der Waals surface area contributed by atoms with Crippen LogP contribution in [0.3, 0.4) is 0 Å². The highest BCUT2D eigenvalue weighted by molar-refractivity contribution is 5.92. The van der Waals surface area contributed by atoms with Gasteiger partial charge in [0.15, 0.2) is 0 Å².